The van der Waals surface area contributed by atoms with Gasteiger partial charge in [-0.15, -0.1) is 0 Å². The highest BCUT2D eigenvalue weighted by molar-refractivity contribution is 7.99. The second kappa shape index (κ2) is 9.48. The summed E-state index contributed by atoms with van der Waals surface area (Å²) in [4.78, 5) is 12.1. The highest BCUT2D eigenvalue weighted by Gasteiger charge is 2.28. The van der Waals surface area contributed by atoms with Gasteiger partial charge in [0, 0.05) is 34.5 Å². The number of nitrogens with zero attached hydrogens (tertiary/aromatic N) is 3. The summed E-state index contributed by atoms with van der Waals surface area (Å²) in [7, 11) is 0. The van der Waals surface area contributed by atoms with Crippen molar-refractivity contribution < 1.29 is 0 Å². The molecule has 2 aromatic rings. The van der Waals surface area contributed by atoms with E-state index >= 15 is 0 Å². The molecule has 0 aromatic heterocycles. The third-order valence-electron chi connectivity index (χ3n) is 5.22. The molecule has 0 spiro atoms. The Morgan fingerprint density at radius 1 is 1.07 bits per heavy atom. The molecule has 0 bridgehead atoms. The highest BCUT2D eigenvalue weighted by atomic mass is 32.2. The molecule has 0 fully saturated rings. The molecule has 0 radical (unpaired) electrons. The second-order valence-electron chi connectivity index (χ2n) is 7.22. The van der Waals surface area contributed by atoms with Gasteiger partial charge in [-0.2, -0.15) is 0 Å². The van der Waals surface area contributed by atoms with Crippen LogP contribution in [0.15, 0.2) is 57.2 Å². The van der Waals surface area contributed by atoms with Gasteiger partial charge < -0.3 is 15.5 Å². The molecule has 4 nitrogen and oxygen atoms in total. The van der Waals surface area contributed by atoms with Crippen molar-refractivity contribution in [3.63, 3.8) is 0 Å². The lowest BCUT2D eigenvalue weighted by Crippen LogP contribution is -2.41. The smallest absolute Gasteiger partial charge is 0.125 e. The van der Waals surface area contributed by atoms with Crippen molar-refractivity contribution in [1.29, 1.82) is 0 Å². The molecule has 0 unspecified atom stereocenters. The molecule has 28 heavy (non-hydrogen) atoms. The van der Waals surface area contributed by atoms with Crippen LogP contribution in [-0.2, 0) is 0 Å². The summed E-state index contributed by atoms with van der Waals surface area (Å²) < 4.78 is 0. The Hall–Kier alpha value is -1.98. The average Bonchev–Trinajstić information content (AvgIpc) is 2.73. The van der Waals surface area contributed by atoms with Crippen molar-refractivity contribution in [1.82, 2.24) is 4.90 Å². The van der Waals surface area contributed by atoms with Crippen LogP contribution in [0.5, 0.6) is 0 Å². The van der Waals surface area contributed by atoms with Crippen LogP contribution in [0.25, 0.3) is 0 Å². The SMILES string of the molecule is CCCN=C(N)c1ccc2c(c1)N([C@H](C)CN(CC)CC)c1ccccc1S2. The zero-order valence-electron chi connectivity index (χ0n) is 17.5. The van der Waals surface area contributed by atoms with E-state index in [4.69, 9.17) is 5.73 Å². The zero-order chi connectivity index (χ0) is 20.1. The van der Waals surface area contributed by atoms with Gasteiger partial charge in [-0.3, -0.25) is 4.99 Å². The molecule has 1 aliphatic rings. The summed E-state index contributed by atoms with van der Waals surface area (Å²) in [5, 5.41) is 0. The van der Waals surface area contributed by atoms with E-state index in [9.17, 15) is 0 Å². The largest absolute Gasteiger partial charge is 0.384 e. The first-order valence-electron chi connectivity index (χ1n) is 10.3. The Bertz CT molecular complexity index is 829. The lowest BCUT2D eigenvalue weighted by molar-refractivity contribution is 0.288. The first-order valence-corrected chi connectivity index (χ1v) is 11.1. The molecule has 0 amide bonds. The predicted molar refractivity (Wildman–Crippen MR) is 122 cm³/mol. The van der Waals surface area contributed by atoms with E-state index in [-0.39, 0.29) is 0 Å². The van der Waals surface area contributed by atoms with Crippen LogP contribution in [-0.4, -0.2) is 43.0 Å². The van der Waals surface area contributed by atoms with E-state index < -0.39 is 0 Å². The molecule has 2 aromatic carbocycles. The van der Waals surface area contributed by atoms with Gasteiger partial charge in [0.1, 0.15) is 5.84 Å². The average molecular weight is 397 g/mol. The highest BCUT2D eigenvalue weighted by Crippen LogP contribution is 2.49. The van der Waals surface area contributed by atoms with Crippen LogP contribution < -0.4 is 10.6 Å². The van der Waals surface area contributed by atoms with Gasteiger partial charge in [-0.25, -0.2) is 0 Å². The van der Waals surface area contributed by atoms with Gasteiger partial charge in [0.25, 0.3) is 0 Å². The predicted octanol–water partition coefficient (Wildman–Crippen LogP) is 5.13. The van der Waals surface area contributed by atoms with Crippen LogP contribution in [0.1, 0.15) is 39.7 Å². The summed E-state index contributed by atoms with van der Waals surface area (Å²) >= 11 is 1.84. The van der Waals surface area contributed by atoms with Crippen LogP contribution in [0.4, 0.5) is 11.4 Å². The molecule has 1 heterocycles. The minimum atomic E-state index is 0.352. The molecule has 3 rings (SSSR count). The van der Waals surface area contributed by atoms with Crippen LogP contribution in [0.2, 0.25) is 0 Å². The van der Waals surface area contributed by atoms with Crippen molar-refractivity contribution in [2.75, 3.05) is 31.1 Å². The maximum atomic E-state index is 6.27. The monoisotopic (exact) mass is 396 g/mol. The number of fused-ring (bicyclic) bond motifs is 2. The number of benzene rings is 2. The van der Waals surface area contributed by atoms with Gasteiger partial charge in [0.2, 0.25) is 0 Å². The van der Waals surface area contributed by atoms with E-state index in [1.54, 1.807) is 0 Å². The third kappa shape index (κ3) is 4.36. The summed E-state index contributed by atoms with van der Waals surface area (Å²) in [6.07, 6.45) is 1.00. The number of nitrogens with two attached hydrogens (primary N) is 1. The molecule has 0 saturated carbocycles. The van der Waals surface area contributed by atoms with Crippen molar-refractivity contribution in [2.24, 2.45) is 10.7 Å². The fourth-order valence-corrected chi connectivity index (χ4v) is 4.73. The normalized spacial score (nSPS) is 14.8. The summed E-state index contributed by atoms with van der Waals surface area (Å²) in [6.45, 7) is 12.8. The van der Waals surface area contributed by atoms with Crippen LogP contribution in [0, 0.1) is 0 Å². The number of likely N-dealkylation sites (N-methyl/N-ethyl adjacent to an activating group) is 1. The fourth-order valence-electron chi connectivity index (χ4n) is 3.68. The minimum absolute atomic E-state index is 0.352. The summed E-state index contributed by atoms with van der Waals surface area (Å²) in [5.74, 6) is 0.629. The molecule has 1 atom stereocenters. The molecule has 5 heteroatoms. The number of amidine groups is 1. The van der Waals surface area contributed by atoms with Gasteiger partial charge in [0.05, 0.1) is 11.4 Å². The third-order valence-corrected chi connectivity index (χ3v) is 6.35. The summed E-state index contributed by atoms with van der Waals surface area (Å²) in [5.41, 5.74) is 9.79. The Morgan fingerprint density at radius 2 is 1.79 bits per heavy atom. The van der Waals surface area contributed by atoms with Gasteiger partial charge >= 0.3 is 0 Å². The van der Waals surface area contributed by atoms with Crippen LogP contribution in [0.3, 0.4) is 0 Å². The lowest BCUT2D eigenvalue weighted by atomic mass is 10.1. The molecular formula is C23H32N4S. The van der Waals surface area contributed by atoms with Crippen molar-refractivity contribution in [3.8, 4) is 0 Å². The zero-order valence-corrected chi connectivity index (χ0v) is 18.3. The minimum Gasteiger partial charge on any atom is -0.384 e. The molecular weight excluding hydrogens is 364 g/mol. The number of hydrogen-bond acceptors (Lipinski definition) is 4. The molecule has 2 N–H and O–H groups in total. The number of hydrogen-bond donors (Lipinski definition) is 1. The maximum absolute atomic E-state index is 6.27. The van der Waals surface area contributed by atoms with Crippen molar-refractivity contribution >= 4 is 29.0 Å². The molecule has 0 aliphatic carbocycles. The van der Waals surface area contributed by atoms with Crippen LogP contribution >= 0.6 is 11.8 Å². The van der Waals surface area contributed by atoms with Gasteiger partial charge in [0.15, 0.2) is 0 Å². The Labute approximate surface area is 173 Å². The van der Waals surface area contributed by atoms with E-state index in [1.807, 2.05) is 11.8 Å². The second-order valence-corrected chi connectivity index (χ2v) is 8.31. The topological polar surface area (TPSA) is 44.9 Å². The van der Waals surface area contributed by atoms with Gasteiger partial charge in [-0.1, -0.05) is 50.7 Å². The maximum Gasteiger partial charge on any atom is 0.125 e. The molecule has 0 saturated heterocycles. The number of anilines is 2. The molecule has 150 valence electrons. The summed E-state index contributed by atoms with van der Waals surface area (Å²) in [6, 6.07) is 15.5. The first kappa shape index (κ1) is 20.7. The van der Waals surface area contributed by atoms with Crippen molar-refractivity contribution in [3.05, 3.63) is 48.0 Å². The number of aliphatic imine (C=N–C) groups is 1. The Morgan fingerprint density at radius 3 is 2.50 bits per heavy atom. The number of rotatable bonds is 8. The van der Waals surface area contributed by atoms with E-state index in [0.29, 0.717) is 11.9 Å². The standard InChI is InChI=1S/C23H32N4S/c1-5-14-25-23(24)18-12-13-22-20(15-18)27(17(4)16-26(6-2)7-3)19-10-8-9-11-21(19)28-22/h8-13,15,17H,5-7,14,16H2,1-4H3,(H2,24,25)/t17-/m1/s1. The van der Waals surface area contributed by atoms with Gasteiger partial charge in [-0.05, 0) is 50.7 Å². The fraction of sp³-hybridized carbons (Fsp3) is 0.435. The van der Waals surface area contributed by atoms with E-state index in [0.717, 1.165) is 38.2 Å². The Balaban J connectivity index is 2.03. The first-order chi connectivity index (χ1) is 13.6. The van der Waals surface area contributed by atoms with E-state index in [1.165, 1.54) is 21.2 Å². The lowest BCUT2D eigenvalue weighted by Gasteiger charge is -2.39. The van der Waals surface area contributed by atoms with E-state index in [2.05, 4.69) is 85.0 Å². The quantitative estimate of drug-likeness (QED) is 0.496. The molecule has 1 aliphatic heterocycles. The Kier molecular flexibility index (Phi) is 7.03. The number of para-hydroxylation sites is 1. The van der Waals surface area contributed by atoms with Crippen molar-refractivity contribution in [2.45, 2.75) is 49.9 Å².